The van der Waals surface area contributed by atoms with Gasteiger partial charge < -0.3 is 10.6 Å². The van der Waals surface area contributed by atoms with Gasteiger partial charge in [-0.3, -0.25) is 9.36 Å². The molecular formula is C17H24N6O. The van der Waals surface area contributed by atoms with Crippen LogP contribution in [0.3, 0.4) is 0 Å². The molecule has 1 aliphatic carbocycles. The number of carbonyl (C=O) groups excluding carboxylic acids is 1. The average molecular weight is 328 g/mol. The predicted octanol–water partition coefficient (Wildman–Crippen LogP) is 2.00. The number of amides is 1. The van der Waals surface area contributed by atoms with Crippen LogP contribution in [-0.4, -0.2) is 38.5 Å². The number of nitrogens with zero attached hydrogens (tertiary/aromatic N) is 4. The molecule has 1 fully saturated rings. The van der Waals surface area contributed by atoms with Crippen molar-refractivity contribution in [1.82, 2.24) is 24.8 Å². The van der Waals surface area contributed by atoms with Gasteiger partial charge in [-0.25, -0.2) is 15.0 Å². The fraction of sp³-hybridized carbons (Fsp3) is 0.529. The lowest BCUT2D eigenvalue weighted by Gasteiger charge is -2.11. The minimum Gasteiger partial charge on any atom is -0.368 e. The van der Waals surface area contributed by atoms with Crippen molar-refractivity contribution in [3.05, 3.63) is 30.1 Å². The highest BCUT2D eigenvalue weighted by molar-refractivity contribution is 5.78. The molecule has 2 N–H and O–H groups in total. The number of hydrogen-bond donors (Lipinski definition) is 2. The molecule has 2 aromatic rings. The van der Waals surface area contributed by atoms with Gasteiger partial charge in [0.1, 0.15) is 24.3 Å². The van der Waals surface area contributed by atoms with Gasteiger partial charge in [-0.05, 0) is 26.7 Å². The second kappa shape index (κ2) is 7.42. The van der Waals surface area contributed by atoms with Gasteiger partial charge in [0.15, 0.2) is 0 Å². The van der Waals surface area contributed by atoms with Crippen LogP contribution in [0, 0.1) is 19.8 Å². The number of aromatic nitrogens is 4. The molecule has 128 valence electrons. The second-order valence-electron chi connectivity index (χ2n) is 6.25. The maximum Gasteiger partial charge on any atom is 0.223 e. The van der Waals surface area contributed by atoms with E-state index >= 15 is 0 Å². The molecular weight excluding hydrogens is 304 g/mol. The molecule has 0 saturated heterocycles. The lowest BCUT2D eigenvalue weighted by molar-refractivity contribution is -0.124. The molecule has 0 radical (unpaired) electrons. The van der Waals surface area contributed by atoms with Crippen molar-refractivity contribution in [2.24, 2.45) is 5.92 Å². The van der Waals surface area contributed by atoms with Crippen LogP contribution in [0.4, 0.5) is 5.82 Å². The summed E-state index contributed by atoms with van der Waals surface area (Å²) in [6.07, 6.45) is 7.69. The maximum atomic E-state index is 12.0. The summed E-state index contributed by atoms with van der Waals surface area (Å²) in [6, 6.07) is 1.88. The van der Waals surface area contributed by atoms with E-state index in [9.17, 15) is 4.79 Å². The van der Waals surface area contributed by atoms with Crippen LogP contribution in [0.5, 0.6) is 0 Å². The summed E-state index contributed by atoms with van der Waals surface area (Å²) in [6.45, 7) is 5.21. The van der Waals surface area contributed by atoms with E-state index in [1.807, 2.05) is 24.5 Å². The zero-order valence-electron chi connectivity index (χ0n) is 14.2. The highest BCUT2D eigenvalue weighted by Gasteiger charge is 2.21. The Hall–Kier alpha value is -2.44. The normalized spacial score (nSPS) is 14.8. The largest absolute Gasteiger partial charge is 0.368 e. The predicted molar refractivity (Wildman–Crippen MR) is 92.1 cm³/mol. The van der Waals surface area contributed by atoms with Gasteiger partial charge in [0.2, 0.25) is 5.91 Å². The Morgan fingerprint density at radius 2 is 2.00 bits per heavy atom. The first-order valence-corrected chi connectivity index (χ1v) is 8.49. The highest BCUT2D eigenvalue weighted by Crippen LogP contribution is 2.24. The standard InChI is InChI=1S/C17H24N6O/c1-12-13(2)23(11-22-12)16-9-15(20-10-21-16)18-7-8-19-17(24)14-5-3-4-6-14/h9-11,14H,3-8H2,1-2H3,(H,19,24)(H,18,20,21). The van der Waals surface area contributed by atoms with Gasteiger partial charge in [0.05, 0.1) is 5.69 Å². The molecule has 0 aliphatic heterocycles. The zero-order chi connectivity index (χ0) is 16.9. The third-order valence-corrected chi connectivity index (χ3v) is 4.61. The van der Waals surface area contributed by atoms with Crippen LogP contribution in [-0.2, 0) is 4.79 Å². The molecule has 0 bridgehead atoms. The third-order valence-electron chi connectivity index (χ3n) is 4.61. The fourth-order valence-electron chi connectivity index (χ4n) is 3.01. The number of rotatable bonds is 6. The molecule has 0 unspecified atom stereocenters. The Balaban J connectivity index is 1.52. The minimum absolute atomic E-state index is 0.183. The maximum absolute atomic E-state index is 12.0. The molecule has 1 amide bonds. The number of aryl methyl sites for hydroxylation is 1. The smallest absolute Gasteiger partial charge is 0.223 e. The first-order chi connectivity index (χ1) is 11.6. The molecule has 0 aromatic carbocycles. The van der Waals surface area contributed by atoms with Crippen molar-refractivity contribution in [1.29, 1.82) is 0 Å². The average Bonchev–Trinajstić information content (AvgIpc) is 3.23. The number of hydrogen-bond acceptors (Lipinski definition) is 5. The summed E-state index contributed by atoms with van der Waals surface area (Å²) >= 11 is 0. The van der Waals surface area contributed by atoms with Crippen molar-refractivity contribution in [3.8, 4) is 5.82 Å². The van der Waals surface area contributed by atoms with E-state index in [4.69, 9.17) is 0 Å². The molecule has 2 heterocycles. The van der Waals surface area contributed by atoms with E-state index in [2.05, 4.69) is 25.6 Å². The van der Waals surface area contributed by atoms with E-state index in [0.717, 1.165) is 35.9 Å². The summed E-state index contributed by atoms with van der Waals surface area (Å²) in [5, 5.41) is 6.22. The Bertz CT molecular complexity index is 705. The molecule has 1 aliphatic rings. The van der Waals surface area contributed by atoms with Gasteiger partial charge in [-0.1, -0.05) is 12.8 Å². The van der Waals surface area contributed by atoms with Crippen LogP contribution in [0.25, 0.3) is 5.82 Å². The molecule has 7 nitrogen and oxygen atoms in total. The minimum atomic E-state index is 0.183. The third kappa shape index (κ3) is 3.72. The monoisotopic (exact) mass is 328 g/mol. The molecule has 7 heteroatoms. The van der Waals surface area contributed by atoms with Crippen LogP contribution in [0.1, 0.15) is 37.1 Å². The van der Waals surface area contributed by atoms with Gasteiger partial charge in [-0.15, -0.1) is 0 Å². The Labute approximate surface area is 141 Å². The van der Waals surface area contributed by atoms with Crippen molar-refractivity contribution >= 4 is 11.7 Å². The van der Waals surface area contributed by atoms with E-state index < -0.39 is 0 Å². The quantitative estimate of drug-likeness (QED) is 0.792. The van der Waals surface area contributed by atoms with E-state index in [-0.39, 0.29) is 11.8 Å². The first-order valence-electron chi connectivity index (χ1n) is 8.49. The SMILES string of the molecule is Cc1ncn(-c2cc(NCCNC(=O)C3CCCC3)ncn2)c1C. The van der Waals surface area contributed by atoms with Crippen molar-refractivity contribution in [2.75, 3.05) is 18.4 Å². The number of anilines is 1. The lowest BCUT2D eigenvalue weighted by Crippen LogP contribution is -2.33. The Kier molecular flexibility index (Phi) is 5.08. The lowest BCUT2D eigenvalue weighted by atomic mass is 10.1. The summed E-state index contributed by atoms with van der Waals surface area (Å²) in [4.78, 5) is 24.8. The molecule has 0 atom stereocenters. The Morgan fingerprint density at radius 1 is 1.21 bits per heavy atom. The number of carbonyl (C=O) groups is 1. The summed E-state index contributed by atoms with van der Waals surface area (Å²) in [5.41, 5.74) is 2.04. The zero-order valence-corrected chi connectivity index (χ0v) is 14.2. The van der Waals surface area contributed by atoms with Gasteiger partial charge in [0, 0.05) is 30.8 Å². The van der Waals surface area contributed by atoms with Crippen LogP contribution >= 0.6 is 0 Å². The Morgan fingerprint density at radius 3 is 2.71 bits per heavy atom. The van der Waals surface area contributed by atoms with E-state index in [0.29, 0.717) is 13.1 Å². The van der Waals surface area contributed by atoms with Crippen LogP contribution < -0.4 is 10.6 Å². The molecule has 24 heavy (non-hydrogen) atoms. The molecule has 3 rings (SSSR count). The fourth-order valence-corrected chi connectivity index (χ4v) is 3.01. The summed E-state index contributed by atoms with van der Waals surface area (Å²) in [7, 11) is 0. The molecule has 0 spiro atoms. The highest BCUT2D eigenvalue weighted by atomic mass is 16.1. The van der Waals surface area contributed by atoms with Gasteiger partial charge in [-0.2, -0.15) is 0 Å². The van der Waals surface area contributed by atoms with Crippen molar-refractivity contribution < 1.29 is 4.79 Å². The topological polar surface area (TPSA) is 84.7 Å². The summed E-state index contributed by atoms with van der Waals surface area (Å²) < 4.78 is 1.93. The molecule has 1 saturated carbocycles. The van der Waals surface area contributed by atoms with Crippen molar-refractivity contribution in [3.63, 3.8) is 0 Å². The van der Waals surface area contributed by atoms with Crippen molar-refractivity contribution in [2.45, 2.75) is 39.5 Å². The van der Waals surface area contributed by atoms with E-state index in [1.54, 1.807) is 6.33 Å². The molecule has 2 aromatic heterocycles. The van der Waals surface area contributed by atoms with Crippen LogP contribution in [0.15, 0.2) is 18.7 Å². The van der Waals surface area contributed by atoms with E-state index in [1.165, 1.54) is 19.2 Å². The van der Waals surface area contributed by atoms with Gasteiger partial charge in [0.25, 0.3) is 0 Å². The van der Waals surface area contributed by atoms with Crippen LogP contribution in [0.2, 0.25) is 0 Å². The van der Waals surface area contributed by atoms with Gasteiger partial charge >= 0.3 is 0 Å². The first kappa shape index (κ1) is 16.4. The summed E-state index contributed by atoms with van der Waals surface area (Å²) in [5.74, 6) is 1.91. The number of nitrogens with one attached hydrogen (secondary N) is 2. The number of imidazole rings is 1. The second-order valence-corrected chi connectivity index (χ2v) is 6.25.